The third-order valence-electron chi connectivity index (χ3n) is 3.81. The van der Waals surface area contributed by atoms with Crippen molar-refractivity contribution < 1.29 is 0 Å². The first-order valence-electron chi connectivity index (χ1n) is 7.64. The van der Waals surface area contributed by atoms with Crippen molar-refractivity contribution in [3.8, 4) is 0 Å². The Morgan fingerprint density at radius 3 is 2.57 bits per heavy atom. The van der Waals surface area contributed by atoms with Crippen LogP contribution in [0.1, 0.15) is 31.0 Å². The number of hydrogen-bond donors (Lipinski definition) is 1. The molecule has 0 saturated heterocycles. The summed E-state index contributed by atoms with van der Waals surface area (Å²) < 4.78 is 0. The van der Waals surface area contributed by atoms with Gasteiger partial charge in [0.15, 0.2) is 0 Å². The Kier molecular flexibility index (Phi) is 5.76. The molecule has 1 atom stereocenters. The first-order chi connectivity index (χ1) is 10.2. The van der Waals surface area contributed by atoms with Crippen molar-refractivity contribution in [3.05, 3.63) is 59.9 Å². The first kappa shape index (κ1) is 15.5. The molecule has 0 bridgehead atoms. The zero-order valence-corrected chi connectivity index (χ0v) is 13.2. The Bertz CT molecular complexity index is 539. The lowest BCUT2D eigenvalue weighted by Crippen LogP contribution is -2.25. The molecule has 1 unspecified atom stereocenters. The van der Waals surface area contributed by atoms with Crippen LogP contribution < -0.4 is 10.2 Å². The predicted octanol–water partition coefficient (Wildman–Crippen LogP) is 3.43. The van der Waals surface area contributed by atoms with Gasteiger partial charge in [-0.2, -0.15) is 0 Å². The SMILES string of the molecule is CCNC(C)c1ccccc1N(C)CCc1ccncc1. The molecule has 0 fully saturated rings. The number of rotatable bonds is 7. The van der Waals surface area contributed by atoms with E-state index in [0.29, 0.717) is 6.04 Å². The van der Waals surface area contributed by atoms with Crippen molar-refractivity contribution in [3.63, 3.8) is 0 Å². The lowest BCUT2D eigenvalue weighted by atomic mass is 10.0. The molecule has 21 heavy (non-hydrogen) atoms. The van der Waals surface area contributed by atoms with Crippen LogP contribution in [0.3, 0.4) is 0 Å². The van der Waals surface area contributed by atoms with Crippen molar-refractivity contribution in [1.82, 2.24) is 10.3 Å². The number of pyridine rings is 1. The third kappa shape index (κ3) is 4.30. The highest BCUT2D eigenvalue weighted by atomic mass is 15.1. The van der Waals surface area contributed by atoms with Crippen molar-refractivity contribution >= 4 is 5.69 Å². The summed E-state index contributed by atoms with van der Waals surface area (Å²) in [6, 6.07) is 13.2. The molecule has 1 aromatic carbocycles. The Balaban J connectivity index is 2.06. The summed E-state index contributed by atoms with van der Waals surface area (Å²) >= 11 is 0. The predicted molar refractivity (Wildman–Crippen MR) is 89.7 cm³/mol. The van der Waals surface area contributed by atoms with Gasteiger partial charge in [0.25, 0.3) is 0 Å². The minimum atomic E-state index is 0.370. The van der Waals surface area contributed by atoms with Gasteiger partial charge < -0.3 is 10.2 Å². The summed E-state index contributed by atoms with van der Waals surface area (Å²) in [5.74, 6) is 0. The number of likely N-dealkylation sites (N-methyl/N-ethyl adjacent to an activating group) is 1. The maximum atomic E-state index is 4.07. The van der Waals surface area contributed by atoms with E-state index in [1.807, 2.05) is 12.4 Å². The zero-order valence-electron chi connectivity index (χ0n) is 13.2. The number of nitrogens with zero attached hydrogens (tertiary/aromatic N) is 2. The van der Waals surface area contributed by atoms with Gasteiger partial charge in [0, 0.05) is 37.7 Å². The Morgan fingerprint density at radius 2 is 1.86 bits per heavy atom. The molecule has 2 aromatic rings. The molecule has 3 nitrogen and oxygen atoms in total. The van der Waals surface area contributed by atoms with E-state index >= 15 is 0 Å². The maximum absolute atomic E-state index is 4.07. The van der Waals surface area contributed by atoms with Crippen LogP contribution in [-0.2, 0) is 6.42 Å². The fourth-order valence-electron chi connectivity index (χ4n) is 2.58. The van der Waals surface area contributed by atoms with E-state index in [1.165, 1.54) is 16.8 Å². The molecule has 0 aliphatic heterocycles. The van der Waals surface area contributed by atoms with Crippen LogP contribution in [0, 0.1) is 0 Å². The van der Waals surface area contributed by atoms with Crippen LogP contribution in [0.2, 0.25) is 0 Å². The molecule has 3 heteroatoms. The summed E-state index contributed by atoms with van der Waals surface area (Å²) in [5, 5.41) is 3.50. The first-order valence-corrected chi connectivity index (χ1v) is 7.64. The van der Waals surface area contributed by atoms with E-state index in [1.54, 1.807) is 0 Å². The summed E-state index contributed by atoms with van der Waals surface area (Å²) in [6.45, 7) is 6.35. The van der Waals surface area contributed by atoms with Crippen LogP contribution in [0.5, 0.6) is 0 Å². The smallest absolute Gasteiger partial charge is 0.0412 e. The summed E-state index contributed by atoms with van der Waals surface area (Å²) in [7, 11) is 2.17. The Labute approximate surface area is 128 Å². The van der Waals surface area contributed by atoms with Crippen LogP contribution in [0.15, 0.2) is 48.8 Å². The average molecular weight is 283 g/mol. The third-order valence-corrected chi connectivity index (χ3v) is 3.81. The topological polar surface area (TPSA) is 28.2 Å². The second kappa shape index (κ2) is 7.79. The van der Waals surface area contributed by atoms with Gasteiger partial charge in [0.1, 0.15) is 0 Å². The molecule has 0 amide bonds. The van der Waals surface area contributed by atoms with E-state index in [0.717, 1.165) is 19.5 Å². The highest BCUT2D eigenvalue weighted by Crippen LogP contribution is 2.25. The zero-order chi connectivity index (χ0) is 15.1. The fraction of sp³-hybridized carbons (Fsp3) is 0.389. The van der Waals surface area contributed by atoms with Gasteiger partial charge in [0.2, 0.25) is 0 Å². The molecule has 1 N–H and O–H groups in total. The second-order valence-electron chi connectivity index (χ2n) is 5.37. The van der Waals surface area contributed by atoms with Gasteiger partial charge in [0.05, 0.1) is 0 Å². The molecular weight excluding hydrogens is 258 g/mol. The number of para-hydroxylation sites is 1. The van der Waals surface area contributed by atoms with Crippen molar-refractivity contribution in [2.45, 2.75) is 26.3 Å². The van der Waals surface area contributed by atoms with E-state index in [-0.39, 0.29) is 0 Å². The lowest BCUT2D eigenvalue weighted by molar-refractivity contribution is 0.597. The largest absolute Gasteiger partial charge is 0.374 e. The summed E-state index contributed by atoms with van der Waals surface area (Å²) in [5.41, 5.74) is 3.99. The van der Waals surface area contributed by atoms with Crippen molar-refractivity contribution in [1.29, 1.82) is 0 Å². The minimum absolute atomic E-state index is 0.370. The lowest BCUT2D eigenvalue weighted by Gasteiger charge is -2.25. The molecule has 1 heterocycles. The molecule has 112 valence electrons. The van der Waals surface area contributed by atoms with Gasteiger partial charge in [-0.3, -0.25) is 4.98 Å². The van der Waals surface area contributed by atoms with E-state index in [9.17, 15) is 0 Å². The van der Waals surface area contributed by atoms with Gasteiger partial charge >= 0.3 is 0 Å². The van der Waals surface area contributed by atoms with Gasteiger partial charge in [-0.1, -0.05) is 25.1 Å². The normalized spacial score (nSPS) is 12.1. The Hall–Kier alpha value is -1.87. The van der Waals surface area contributed by atoms with Gasteiger partial charge in [-0.05, 0) is 49.2 Å². The molecule has 0 aliphatic rings. The van der Waals surface area contributed by atoms with Crippen LogP contribution in [-0.4, -0.2) is 25.1 Å². The second-order valence-corrected chi connectivity index (χ2v) is 5.37. The highest BCUT2D eigenvalue weighted by Gasteiger charge is 2.12. The average Bonchev–Trinajstić information content (AvgIpc) is 2.54. The van der Waals surface area contributed by atoms with Crippen LogP contribution >= 0.6 is 0 Å². The quantitative estimate of drug-likeness (QED) is 0.844. The summed E-state index contributed by atoms with van der Waals surface area (Å²) in [4.78, 5) is 6.40. The van der Waals surface area contributed by atoms with E-state index in [4.69, 9.17) is 0 Å². The standard InChI is InChI=1S/C18H25N3/c1-4-20-15(2)17-7-5-6-8-18(17)21(3)14-11-16-9-12-19-13-10-16/h5-10,12-13,15,20H,4,11,14H2,1-3H3. The maximum Gasteiger partial charge on any atom is 0.0412 e. The van der Waals surface area contributed by atoms with Crippen LogP contribution in [0.4, 0.5) is 5.69 Å². The minimum Gasteiger partial charge on any atom is -0.374 e. The molecule has 1 aromatic heterocycles. The molecule has 0 radical (unpaired) electrons. The number of hydrogen-bond acceptors (Lipinski definition) is 3. The molecule has 2 rings (SSSR count). The summed E-state index contributed by atoms with van der Waals surface area (Å²) in [6.07, 6.45) is 4.75. The molecule has 0 spiro atoms. The fourth-order valence-corrected chi connectivity index (χ4v) is 2.58. The molecule has 0 saturated carbocycles. The molecule has 0 aliphatic carbocycles. The number of benzene rings is 1. The number of aromatic nitrogens is 1. The van der Waals surface area contributed by atoms with Gasteiger partial charge in [-0.25, -0.2) is 0 Å². The number of anilines is 1. The van der Waals surface area contributed by atoms with E-state index < -0.39 is 0 Å². The Morgan fingerprint density at radius 1 is 1.14 bits per heavy atom. The van der Waals surface area contributed by atoms with Crippen molar-refractivity contribution in [2.24, 2.45) is 0 Å². The highest BCUT2D eigenvalue weighted by molar-refractivity contribution is 5.54. The molecular formula is C18H25N3. The van der Waals surface area contributed by atoms with Crippen LogP contribution in [0.25, 0.3) is 0 Å². The van der Waals surface area contributed by atoms with Crippen molar-refractivity contribution in [2.75, 3.05) is 25.0 Å². The van der Waals surface area contributed by atoms with Gasteiger partial charge in [-0.15, -0.1) is 0 Å². The monoisotopic (exact) mass is 283 g/mol. The van der Waals surface area contributed by atoms with E-state index in [2.05, 4.69) is 72.5 Å². The number of nitrogens with one attached hydrogen (secondary N) is 1.